The van der Waals surface area contributed by atoms with Gasteiger partial charge >= 0.3 is 12.4 Å². The number of rotatable bonds is 3. The van der Waals surface area contributed by atoms with E-state index in [0.29, 0.717) is 24.4 Å². The molecule has 4 aromatic heterocycles. The van der Waals surface area contributed by atoms with Gasteiger partial charge in [0.05, 0.1) is 22.4 Å². The first-order valence-corrected chi connectivity index (χ1v) is 10.5. The Morgan fingerprint density at radius 2 is 1.72 bits per heavy atom. The minimum Gasteiger partial charge on any atom is -0.349 e. The van der Waals surface area contributed by atoms with Crippen LogP contribution in [0.4, 0.5) is 30.7 Å². The largest absolute Gasteiger partial charge is 0.417 e. The molecule has 0 fully saturated rings. The van der Waals surface area contributed by atoms with Crippen LogP contribution in [-0.2, 0) is 22.2 Å². The van der Waals surface area contributed by atoms with Gasteiger partial charge in [0.2, 0.25) is 0 Å². The number of sulfone groups is 1. The molecule has 14 heteroatoms. The maximum atomic E-state index is 15.0. The third-order valence-electron chi connectivity index (χ3n) is 4.72. The van der Waals surface area contributed by atoms with Crippen molar-refractivity contribution in [3.8, 4) is 11.4 Å². The van der Waals surface area contributed by atoms with Crippen LogP contribution in [0.25, 0.3) is 28.1 Å². The number of halogens is 7. The van der Waals surface area contributed by atoms with E-state index in [4.69, 9.17) is 0 Å². The average Bonchev–Trinajstić information content (AvgIpc) is 3.24. The molecule has 0 aromatic carbocycles. The molecule has 0 saturated carbocycles. The van der Waals surface area contributed by atoms with Crippen molar-refractivity contribution in [2.24, 2.45) is 0 Å². The Balaban J connectivity index is 2.04. The van der Waals surface area contributed by atoms with E-state index in [1.54, 1.807) is 0 Å². The molecule has 0 unspecified atom stereocenters. The number of hydrogen-bond donors (Lipinski definition) is 1. The van der Waals surface area contributed by atoms with Crippen LogP contribution in [0.2, 0.25) is 0 Å². The van der Waals surface area contributed by atoms with Gasteiger partial charge in [0.25, 0.3) is 0 Å². The van der Waals surface area contributed by atoms with E-state index in [9.17, 15) is 34.8 Å². The smallest absolute Gasteiger partial charge is 0.349 e. The van der Waals surface area contributed by atoms with Crippen LogP contribution in [-0.4, -0.2) is 33.5 Å². The summed E-state index contributed by atoms with van der Waals surface area (Å²) < 4.78 is 119. The molecule has 4 aromatic rings. The number of aromatic nitrogens is 4. The van der Waals surface area contributed by atoms with Crippen molar-refractivity contribution in [1.82, 2.24) is 19.4 Å². The normalized spacial score (nSPS) is 13.4. The van der Waals surface area contributed by atoms with E-state index in [0.717, 1.165) is 10.6 Å². The molecule has 0 radical (unpaired) electrons. The van der Waals surface area contributed by atoms with Crippen molar-refractivity contribution in [3.63, 3.8) is 0 Å². The van der Waals surface area contributed by atoms with Crippen molar-refractivity contribution in [2.45, 2.75) is 24.3 Å². The van der Waals surface area contributed by atoms with E-state index >= 15 is 4.39 Å². The number of nitrogens with one attached hydrogen (secondary N) is 1. The van der Waals surface area contributed by atoms with Crippen LogP contribution < -0.4 is 0 Å². The first-order valence-electron chi connectivity index (χ1n) is 8.81. The Bertz CT molecular complexity index is 1470. The summed E-state index contributed by atoms with van der Waals surface area (Å²) in [5, 5.41) is -0.606. The Labute approximate surface area is 174 Å². The molecule has 0 spiro atoms. The Morgan fingerprint density at radius 1 is 1.06 bits per heavy atom. The van der Waals surface area contributed by atoms with Gasteiger partial charge in [0.15, 0.2) is 20.7 Å². The molecule has 170 valence electrons. The maximum Gasteiger partial charge on any atom is 0.417 e. The highest BCUT2D eigenvalue weighted by atomic mass is 32.2. The number of imidazole rings is 1. The molecule has 0 bridgehead atoms. The van der Waals surface area contributed by atoms with Crippen LogP contribution in [0.1, 0.15) is 18.1 Å². The van der Waals surface area contributed by atoms with Crippen molar-refractivity contribution in [2.75, 3.05) is 5.75 Å². The van der Waals surface area contributed by atoms with Crippen LogP contribution >= 0.6 is 0 Å². The zero-order valence-electron chi connectivity index (χ0n) is 15.8. The molecule has 0 atom stereocenters. The molecule has 6 nitrogen and oxygen atoms in total. The SMILES string of the molecule is CCS(=O)(=O)c1c(-c2[nH]c3cc(C(F)(F)F)cnc3c2F)nc2cc(C(F)(F)F)ccn12. The number of pyridine rings is 2. The summed E-state index contributed by atoms with van der Waals surface area (Å²) in [6, 6.07) is 1.80. The van der Waals surface area contributed by atoms with Gasteiger partial charge in [-0.15, -0.1) is 0 Å². The fourth-order valence-electron chi connectivity index (χ4n) is 3.16. The number of alkyl halides is 6. The first kappa shape index (κ1) is 22.0. The highest BCUT2D eigenvalue weighted by Gasteiger charge is 2.35. The number of aromatic amines is 1. The molecule has 0 amide bonds. The average molecular weight is 480 g/mol. The molecule has 0 saturated heterocycles. The predicted molar refractivity (Wildman–Crippen MR) is 98.0 cm³/mol. The van der Waals surface area contributed by atoms with Crippen molar-refractivity contribution in [3.05, 3.63) is 47.5 Å². The summed E-state index contributed by atoms with van der Waals surface area (Å²) in [5.41, 5.74) is -4.82. The molecule has 4 rings (SSSR count). The summed E-state index contributed by atoms with van der Waals surface area (Å²) in [6.45, 7) is 1.27. The Kier molecular flexibility index (Phi) is 4.77. The van der Waals surface area contributed by atoms with E-state index in [-0.39, 0.29) is 5.52 Å². The van der Waals surface area contributed by atoms with Crippen LogP contribution in [0, 0.1) is 5.82 Å². The van der Waals surface area contributed by atoms with Gasteiger partial charge in [0, 0.05) is 12.4 Å². The van der Waals surface area contributed by atoms with Gasteiger partial charge in [-0.25, -0.2) is 17.8 Å². The standard InChI is InChI=1S/C18H11F7N4O2S/c1-2-32(30,31)16-15(28-11-6-8(17(20,21)22)3-4-29(11)16)14-12(19)13-10(27-14)5-9(7-26-13)18(23,24)25/h3-7,27H,2H2,1H3. The van der Waals surface area contributed by atoms with Crippen molar-refractivity contribution >= 4 is 26.5 Å². The number of hydrogen-bond acceptors (Lipinski definition) is 4. The topological polar surface area (TPSA) is 80.1 Å². The second-order valence-electron chi connectivity index (χ2n) is 6.74. The van der Waals surface area contributed by atoms with E-state index in [1.165, 1.54) is 6.92 Å². The summed E-state index contributed by atoms with van der Waals surface area (Å²) in [6.07, 6.45) is -8.28. The minimum atomic E-state index is -4.77. The summed E-state index contributed by atoms with van der Waals surface area (Å²) in [5.74, 6) is -1.69. The second kappa shape index (κ2) is 6.92. The van der Waals surface area contributed by atoms with E-state index < -0.39 is 72.5 Å². The fraction of sp³-hybridized carbons (Fsp3) is 0.222. The third-order valence-corrected chi connectivity index (χ3v) is 6.46. The number of H-pyrrole nitrogens is 1. The number of fused-ring (bicyclic) bond motifs is 2. The zero-order valence-corrected chi connectivity index (χ0v) is 16.6. The maximum absolute atomic E-state index is 15.0. The fourth-order valence-corrected chi connectivity index (χ4v) is 4.33. The van der Waals surface area contributed by atoms with Crippen LogP contribution in [0.3, 0.4) is 0 Å². The number of nitrogens with zero attached hydrogens (tertiary/aromatic N) is 3. The molecule has 1 N–H and O–H groups in total. The quantitative estimate of drug-likeness (QED) is 0.426. The second-order valence-corrected chi connectivity index (χ2v) is 8.94. The third kappa shape index (κ3) is 3.47. The predicted octanol–water partition coefficient (Wildman–Crippen LogP) is 4.85. The monoisotopic (exact) mass is 480 g/mol. The van der Waals surface area contributed by atoms with Gasteiger partial charge in [-0.3, -0.25) is 9.38 Å². The Morgan fingerprint density at radius 3 is 2.31 bits per heavy atom. The molecule has 0 aliphatic heterocycles. The first-order chi connectivity index (χ1) is 14.7. The lowest BCUT2D eigenvalue weighted by molar-refractivity contribution is -0.138. The van der Waals surface area contributed by atoms with Crippen LogP contribution in [0.5, 0.6) is 0 Å². The van der Waals surface area contributed by atoms with Gasteiger partial charge in [-0.2, -0.15) is 26.3 Å². The van der Waals surface area contributed by atoms with Crippen molar-refractivity contribution < 1.29 is 39.2 Å². The lowest BCUT2D eigenvalue weighted by atomic mass is 10.2. The Hall–Kier alpha value is -3.16. The zero-order chi connectivity index (χ0) is 23.6. The minimum absolute atomic E-state index is 0.389. The molecule has 0 aliphatic carbocycles. The molecular formula is C18H11F7N4O2S. The van der Waals surface area contributed by atoms with Crippen LogP contribution in [0.15, 0.2) is 35.6 Å². The molecule has 32 heavy (non-hydrogen) atoms. The lowest BCUT2D eigenvalue weighted by Gasteiger charge is -2.07. The van der Waals surface area contributed by atoms with Gasteiger partial charge in [-0.05, 0) is 18.2 Å². The summed E-state index contributed by atoms with van der Waals surface area (Å²) in [4.78, 5) is 9.64. The summed E-state index contributed by atoms with van der Waals surface area (Å²) in [7, 11) is -4.16. The molecule has 4 heterocycles. The molecular weight excluding hydrogens is 469 g/mol. The lowest BCUT2D eigenvalue weighted by Crippen LogP contribution is -2.10. The van der Waals surface area contributed by atoms with Crippen molar-refractivity contribution in [1.29, 1.82) is 0 Å². The van der Waals surface area contributed by atoms with Gasteiger partial charge < -0.3 is 4.98 Å². The van der Waals surface area contributed by atoms with E-state index in [2.05, 4.69) is 15.0 Å². The van der Waals surface area contributed by atoms with Gasteiger partial charge in [-0.1, -0.05) is 6.92 Å². The van der Waals surface area contributed by atoms with Gasteiger partial charge in [0.1, 0.15) is 22.6 Å². The summed E-state index contributed by atoms with van der Waals surface area (Å²) >= 11 is 0. The van der Waals surface area contributed by atoms with E-state index in [1.807, 2.05) is 0 Å². The highest BCUT2D eigenvalue weighted by Crippen LogP contribution is 2.37. The molecule has 0 aliphatic rings. The highest BCUT2D eigenvalue weighted by molar-refractivity contribution is 7.91.